The van der Waals surface area contributed by atoms with Crippen LogP contribution in [0.3, 0.4) is 0 Å². The Morgan fingerprint density at radius 3 is 2.40 bits per heavy atom. The molecule has 0 radical (unpaired) electrons. The zero-order valence-corrected chi connectivity index (χ0v) is 27.0. The van der Waals surface area contributed by atoms with E-state index in [4.69, 9.17) is 4.74 Å². The first-order chi connectivity index (χ1) is 21.3. The van der Waals surface area contributed by atoms with E-state index in [0.29, 0.717) is 58.4 Å². The van der Waals surface area contributed by atoms with Crippen LogP contribution in [0.2, 0.25) is 0 Å². The molecule has 252 valence electrons. The minimum Gasteiger partial charge on any atom is -0.442 e. The molecule has 3 atom stereocenters. The molecule has 3 unspecified atom stereocenters. The molecule has 1 N–H and O–H groups in total. The monoisotopic (exact) mass is 639 g/mol. The van der Waals surface area contributed by atoms with Crippen molar-refractivity contribution in [3.63, 3.8) is 0 Å². The molecule has 1 aromatic heterocycles. The van der Waals surface area contributed by atoms with E-state index in [1.807, 2.05) is 0 Å². The largest absolute Gasteiger partial charge is 0.453 e. The lowest BCUT2D eigenvalue weighted by Crippen LogP contribution is -2.66. The number of amides is 2. The van der Waals surface area contributed by atoms with E-state index >= 15 is 0 Å². The molecule has 0 aromatic carbocycles. The van der Waals surface area contributed by atoms with Gasteiger partial charge in [-0.15, -0.1) is 0 Å². The first-order valence-electron chi connectivity index (χ1n) is 16.6. The van der Waals surface area contributed by atoms with Crippen LogP contribution in [0.1, 0.15) is 100 Å². The van der Waals surface area contributed by atoms with Crippen molar-refractivity contribution in [1.82, 2.24) is 25.2 Å². The molecule has 0 bridgehead atoms. The smallest absolute Gasteiger partial charge is 0.442 e. The van der Waals surface area contributed by atoms with Gasteiger partial charge < -0.3 is 19.5 Å². The van der Waals surface area contributed by atoms with Gasteiger partial charge in [-0.05, 0) is 65.3 Å². The topological polar surface area (TPSA) is 108 Å². The Balaban J connectivity index is 1.24. The number of hydrogen-bond acceptors (Lipinski definition) is 8. The van der Waals surface area contributed by atoms with Crippen molar-refractivity contribution in [2.45, 2.75) is 109 Å². The number of piperidine rings is 3. The maximum atomic E-state index is 13.6. The van der Waals surface area contributed by atoms with Gasteiger partial charge in [0, 0.05) is 63.6 Å². The summed E-state index contributed by atoms with van der Waals surface area (Å²) >= 11 is 0. The van der Waals surface area contributed by atoms with E-state index in [9.17, 15) is 27.6 Å². The SMILES string of the molecule is CCCCC1CN(C(C(C)=O)C2CCCNC2)C(=O)OC12CCN(C1(C)CCN(C(=O)c3c(C)noc3C(F)(F)F)CC1)CC2. The second kappa shape index (κ2) is 13.2. The van der Waals surface area contributed by atoms with E-state index in [-0.39, 0.29) is 34.9 Å². The van der Waals surface area contributed by atoms with Crippen LogP contribution in [0.5, 0.6) is 0 Å². The fourth-order valence-electron chi connectivity index (χ4n) is 8.20. The first kappa shape index (κ1) is 33.7. The van der Waals surface area contributed by atoms with Crippen molar-refractivity contribution in [3.8, 4) is 0 Å². The molecule has 10 nitrogen and oxygen atoms in total. The van der Waals surface area contributed by atoms with Crippen molar-refractivity contribution >= 4 is 17.8 Å². The van der Waals surface area contributed by atoms with E-state index in [1.165, 1.54) is 11.8 Å². The lowest BCUT2D eigenvalue weighted by molar-refractivity contribution is -0.156. The van der Waals surface area contributed by atoms with Gasteiger partial charge in [-0.2, -0.15) is 13.2 Å². The van der Waals surface area contributed by atoms with Gasteiger partial charge in [0.1, 0.15) is 11.2 Å². The van der Waals surface area contributed by atoms with Gasteiger partial charge in [-0.25, -0.2) is 4.79 Å². The maximum Gasteiger partial charge on any atom is 0.453 e. The molecule has 5 heterocycles. The van der Waals surface area contributed by atoms with Crippen LogP contribution in [0.15, 0.2) is 4.52 Å². The van der Waals surface area contributed by atoms with Gasteiger partial charge in [-0.3, -0.25) is 19.4 Å². The number of carbonyl (C=O) groups is 3. The minimum atomic E-state index is -4.80. The van der Waals surface area contributed by atoms with Gasteiger partial charge >= 0.3 is 12.3 Å². The number of ketones is 1. The standard InChI is InChI=1S/C32H48F3N5O5/c1-5-6-9-24-20-40(26(22(3)41)23-8-7-14-36-19-23)29(43)44-31(24)12-17-39(18-13-31)30(4)10-15-38(16-11-30)28(42)25-21(2)37-45-27(25)32(33,34)35/h23-24,26,36H,5-20H2,1-4H3. The number of hydrogen-bond donors (Lipinski definition) is 1. The normalized spacial score (nSPS) is 26.5. The first-order valence-corrected chi connectivity index (χ1v) is 16.6. The van der Waals surface area contributed by atoms with E-state index in [0.717, 1.165) is 45.2 Å². The molecule has 45 heavy (non-hydrogen) atoms. The number of ether oxygens (including phenoxy) is 1. The van der Waals surface area contributed by atoms with Gasteiger partial charge in [0.2, 0.25) is 0 Å². The van der Waals surface area contributed by atoms with Crippen molar-refractivity contribution in [2.24, 2.45) is 11.8 Å². The minimum absolute atomic E-state index is 0.00670. The summed E-state index contributed by atoms with van der Waals surface area (Å²) in [7, 11) is 0. The third-order valence-corrected chi connectivity index (χ3v) is 11.0. The number of nitrogens with one attached hydrogen (secondary N) is 1. The summed E-state index contributed by atoms with van der Waals surface area (Å²) in [6.07, 6.45) is 2.26. The molecule has 0 aliphatic carbocycles. The second-order valence-electron chi connectivity index (χ2n) is 13.8. The van der Waals surface area contributed by atoms with Crippen molar-refractivity contribution in [1.29, 1.82) is 0 Å². The number of unbranched alkanes of at least 4 members (excludes halogenated alkanes) is 1. The maximum absolute atomic E-state index is 13.6. The van der Waals surface area contributed by atoms with Crippen LogP contribution in [-0.4, -0.2) is 101 Å². The highest BCUT2D eigenvalue weighted by molar-refractivity contribution is 5.96. The lowest BCUT2D eigenvalue weighted by atomic mass is 9.73. The predicted octanol–water partition coefficient (Wildman–Crippen LogP) is 5.05. The fraction of sp³-hybridized carbons (Fsp3) is 0.812. The summed E-state index contributed by atoms with van der Waals surface area (Å²) in [6, 6.07) is -0.479. The Bertz CT molecular complexity index is 1230. The zero-order chi connectivity index (χ0) is 32.6. The highest BCUT2D eigenvalue weighted by Gasteiger charge is 2.54. The number of nitrogens with zero attached hydrogens (tertiary/aromatic N) is 4. The highest BCUT2D eigenvalue weighted by atomic mass is 19.4. The molecule has 1 spiro atoms. The number of aryl methyl sites for hydroxylation is 1. The van der Waals surface area contributed by atoms with Crippen LogP contribution in [0.4, 0.5) is 18.0 Å². The number of halogens is 3. The van der Waals surface area contributed by atoms with E-state index in [2.05, 4.69) is 33.7 Å². The molecular formula is C32H48F3N5O5. The molecule has 1 aromatic rings. The van der Waals surface area contributed by atoms with Crippen molar-refractivity contribution in [2.75, 3.05) is 45.8 Å². The number of rotatable bonds is 8. The van der Waals surface area contributed by atoms with E-state index in [1.54, 1.807) is 11.8 Å². The quantitative estimate of drug-likeness (QED) is 0.422. The molecule has 5 rings (SSSR count). The lowest BCUT2D eigenvalue weighted by Gasteiger charge is -2.55. The molecule has 4 aliphatic rings. The summed E-state index contributed by atoms with van der Waals surface area (Å²) in [5, 5.41) is 6.79. The molecular weight excluding hydrogens is 591 g/mol. The van der Waals surface area contributed by atoms with Crippen LogP contribution in [-0.2, 0) is 15.7 Å². The third-order valence-electron chi connectivity index (χ3n) is 11.0. The molecule has 4 aliphatic heterocycles. The number of alkyl halides is 3. The van der Waals surface area contributed by atoms with Crippen molar-refractivity contribution < 1.29 is 36.8 Å². The third kappa shape index (κ3) is 6.75. The predicted molar refractivity (Wildman–Crippen MR) is 160 cm³/mol. The summed E-state index contributed by atoms with van der Waals surface area (Å²) in [5.74, 6) is -1.84. The molecule has 13 heteroatoms. The Kier molecular flexibility index (Phi) is 9.89. The average Bonchev–Trinajstić information content (AvgIpc) is 3.40. The summed E-state index contributed by atoms with van der Waals surface area (Å²) in [6.45, 7) is 11.5. The fourth-order valence-corrected chi connectivity index (χ4v) is 8.20. The zero-order valence-electron chi connectivity index (χ0n) is 27.0. The van der Waals surface area contributed by atoms with Crippen LogP contribution >= 0.6 is 0 Å². The number of aromatic nitrogens is 1. The van der Waals surface area contributed by atoms with Gasteiger partial charge in [0.25, 0.3) is 11.7 Å². The molecule has 4 fully saturated rings. The number of Topliss-reactive ketones (excluding diaryl/α,β-unsaturated/α-hetero) is 1. The number of carbonyl (C=O) groups excluding carboxylic acids is 3. The van der Waals surface area contributed by atoms with Crippen LogP contribution in [0.25, 0.3) is 0 Å². The van der Waals surface area contributed by atoms with Gasteiger partial charge in [0.05, 0.1) is 11.7 Å². The van der Waals surface area contributed by atoms with Gasteiger partial charge in [-0.1, -0.05) is 24.9 Å². The average molecular weight is 640 g/mol. The molecule has 0 saturated carbocycles. The second-order valence-corrected chi connectivity index (χ2v) is 13.8. The van der Waals surface area contributed by atoms with Crippen LogP contribution in [0, 0.1) is 18.8 Å². The Morgan fingerprint density at radius 2 is 1.82 bits per heavy atom. The summed E-state index contributed by atoms with van der Waals surface area (Å²) in [5.41, 5.74) is -1.40. The van der Waals surface area contributed by atoms with Crippen molar-refractivity contribution in [3.05, 3.63) is 17.0 Å². The highest BCUT2D eigenvalue weighted by Crippen LogP contribution is 2.44. The number of likely N-dealkylation sites (tertiary alicyclic amines) is 2. The molecule has 2 amide bonds. The van der Waals surface area contributed by atoms with Crippen LogP contribution < -0.4 is 5.32 Å². The van der Waals surface area contributed by atoms with E-state index < -0.39 is 35.1 Å². The Morgan fingerprint density at radius 1 is 1.13 bits per heavy atom. The summed E-state index contributed by atoms with van der Waals surface area (Å²) in [4.78, 5) is 45.2. The molecule has 4 saturated heterocycles. The summed E-state index contributed by atoms with van der Waals surface area (Å²) < 4.78 is 51.2. The Hall–Kier alpha value is -2.67. The van der Waals surface area contributed by atoms with Gasteiger partial charge in [0.15, 0.2) is 5.78 Å². The Labute approximate surface area is 263 Å².